The number of rotatable bonds is 6. The number of nitrogens with zero attached hydrogens (tertiary/aromatic N) is 2. The van der Waals surface area contributed by atoms with E-state index in [0.29, 0.717) is 11.4 Å². The molecule has 0 spiro atoms. The number of aryl methyl sites for hydroxylation is 1. The highest BCUT2D eigenvalue weighted by Gasteiger charge is 2.24. The summed E-state index contributed by atoms with van der Waals surface area (Å²) in [5.41, 5.74) is 5.15. The molecule has 0 aliphatic carbocycles. The van der Waals surface area contributed by atoms with Crippen LogP contribution in [0, 0.1) is 6.92 Å². The van der Waals surface area contributed by atoms with Crippen LogP contribution in [0.25, 0.3) is 10.9 Å². The van der Waals surface area contributed by atoms with Crippen LogP contribution in [0.4, 0.5) is 10.2 Å². The third-order valence-corrected chi connectivity index (χ3v) is 7.64. The van der Waals surface area contributed by atoms with Gasteiger partial charge in [0.05, 0.1) is 10.4 Å². The van der Waals surface area contributed by atoms with E-state index >= 15 is 0 Å². The van der Waals surface area contributed by atoms with Crippen LogP contribution < -0.4 is 5.32 Å². The molecule has 1 fully saturated rings. The molecule has 1 aliphatic rings. The van der Waals surface area contributed by atoms with Crippen molar-refractivity contribution in [2.45, 2.75) is 32.1 Å². The van der Waals surface area contributed by atoms with Crippen LogP contribution in [0.15, 0.2) is 66.2 Å². The van der Waals surface area contributed by atoms with E-state index in [4.69, 9.17) is 0 Å². The van der Waals surface area contributed by atoms with E-state index in [1.54, 1.807) is 6.20 Å². The highest BCUT2D eigenvalue weighted by molar-refractivity contribution is 7.12. The van der Waals surface area contributed by atoms with Crippen molar-refractivity contribution < 1.29 is 9.28 Å². The van der Waals surface area contributed by atoms with Gasteiger partial charge >= 0.3 is 0 Å². The second-order valence-electron chi connectivity index (χ2n) is 8.85. The Hall–Kier alpha value is -2.96. The Labute approximate surface area is 197 Å². The van der Waals surface area contributed by atoms with Crippen molar-refractivity contribution >= 4 is 33.8 Å². The first-order chi connectivity index (χ1) is 16.1. The highest BCUT2D eigenvalue weighted by Crippen LogP contribution is 2.34. The number of para-hydroxylation sites is 1. The summed E-state index contributed by atoms with van der Waals surface area (Å²) in [5, 5.41) is 5.96. The van der Waals surface area contributed by atoms with Gasteiger partial charge in [-0.1, -0.05) is 34.8 Å². The predicted molar refractivity (Wildman–Crippen MR) is 134 cm³/mol. The van der Waals surface area contributed by atoms with Crippen molar-refractivity contribution in [2.24, 2.45) is 0 Å². The predicted octanol–water partition coefficient (Wildman–Crippen LogP) is 6.42. The average molecular weight is 462 g/mol. The molecule has 3 heterocycles. The molecular weight excluding hydrogens is 433 g/mol. The smallest absolute Gasteiger partial charge is 0.265 e. The fraction of sp³-hybridized carbons (Fsp3) is 0.296. The van der Waals surface area contributed by atoms with E-state index in [-0.39, 0.29) is 5.91 Å². The van der Waals surface area contributed by atoms with Gasteiger partial charge in [0.2, 0.25) is 0 Å². The van der Waals surface area contributed by atoms with Gasteiger partial charge in [0.15, 0.2) is 0 Å². The molecule has 33 heavy (non-hydrogen) atoms. The summed E-state index contributed by atoms with van der Waals surface area (Å²) in [6.45, 7) is 5.15. The molecule has 1 saturated heterocycles. The second kappa shape index (κ2) is 9.49. The fourth-order valence-electron chi connectivity index (χ4n) is 4.86. The van der Waals surface area contributed by atoms with Gasteiger partial charge < -0.3 is 10.2 Å². The summed E-state index contributed by atoms with van der Waals surface area (Å²) in [4.78, 5) is 16.4. The molecule has 0 saturated carbocycles. The zero-order valence-corrected chi connectivity index (χ0v) is 19.6. The molecule has 4 aromatic rings. The largest absolute Gasteiger partial charge is 0.321 e. The van der Waals surface area contributed by atoms with Crippen LogP contribution >= 0.6 is 11.3 Å². The number of benzene rings is 2. The number of aromatic nitrogens is 1. The lowest BCUT2D eigenvalue weighted by atomic mass is 9.89. The number of carbonyl (C=O) groups excluding carboxylic acids is 1. The van der Waals surface area contributed by atoms with Crippen molar-refractivity contribution in [3.63, 3.8) is 0 Å². The number of hydrogen-bond donors (Lipinski definition) is 1. The molecule has 0 unspecified atom stereocenters. The zero-order chi connectivity index (χ0) is 22.8. The molecule has 0 radical (unpaired) electrons. The van der Waals surface area contributed by atoms with Crippen LogP contribution in [-0.4, -0.2) is 35.2 Å². The van der Waals surface area contributed by atoms with Gasteiger partial charge in [0, 0.05) is 23.8 Å². The van der Waals surface area contributed by atoms with Crippen molar-refractivity contribution in [3.8, 4) is 0 Å². The van der Waals surface area contributed by atoms with Gasteiger partial charge in [0.25, 0.3) is 5.91 Å². The van der Waals surface area contributed by atoms with E-state index < -0.39 is 0 Å². The van der Waals surface area contributed by atoms with Gasteiger partial charge in [0.1, 0.15) is 0 Å². The Morgan fingerprint density at radius 2 is 1.94 bits per heavy atom. The topological polar surface area (TPSA) is 37.3 Å². The summed E-state index contributed by atoms with van der Waals surface area (Å²) in [6, 6.07) is 17.6. The first-order valence-corrected chi connectivity index (χ1v) is 12.4. The van der Waals surface area contributed by atoms with E-state index in [0.717, 1.165) is 65.2 Å². The third-order valence-electron chi connectivity index (χ3n) is 6.77. The maximum Gasteiger partial charge on any atom is 0.265 e. The number of amides is 1. The Morgan fingerprint density at radius 1 is 1.12 bits per heavy atom. The molecular formula is C27H28FN3OS. The number of nitrogens with one attached hydrogen (secondary N) is 1. The zero-order valence-electron chi connectivity index (χ0n) is 18.8. The summed E-state index contributed by atoms with van der Waals surface area (Å²) >= 11 is 1.45. The monoisotopic (exact) mass is 461 g/mol. The first kappa shape index (κ1) is 21.9. The van der Waals surface area contributed by atoms with E-state index in [9.17, 15) is 9.28 Å². The Morgan fingerprint density at radius 3 is 2.73 bits per heavy atom. The maximum atomic E-state index is 14.3. The Bertz CT molecular complexity index is 1260. The van der Waals surface area contributed by atoms with Crippen LogP contribution in [-0.2, 0) is 6.42 Å². The number of thiophene rings is 1. The molecule has 0 bridgehead atoms. The Kier molecular flexibility index (Phi) is 6.29. The van der Waals surface area contributed by atoms with Gasteiger partial charge in [-0.2, -0.15) is 4.79 Å². The van der Waals surface area contributed by atoms with Crippen molar-refractivity contribution in [1.29, 1.82) is 0 Å². The summed E-state index contributed by atoms with van der Waals surface area (Å²) in [6.07, 6.45) is 4.71. The quantitative estimate of drug-likeness (QED) is 0.360. The Balaban J connectivity index is 1.18. The molecule has 1 amide bonds. The molecule has 170 valence electrons. The number of halogens is 1. The SMILES string of the molecule is Cc1ccc(NC(=O)c2cccs2)cc1CCN1CCC(c2cn(F)c3ccccc23)CC1. The summed E-state index contributed by atoms with van der Waals surface area (Å²) in [5.74, 6) is 0.345. The maximum absolute atomic E-state index is 14.3. The number of likely N-dealkylation sites (tertiary alicyclic amines) is 1. The van der Waals surface area contributed by atoms with Gasteiger partial charge in [-0.05, 0) is 91.5 Å². The van der Waals surface area contributed by atoms with Gasteiger partial charge in [-0.15, -0.1) is 11.3 Å². The normalized spacial score (nSPS) is 15.2. The van der Waals surface area contributed by atoms with Gasteiger partial charge in [-0.25, -0.2) is 0 Å². The van der Waals surface area contributed by atoms with E-state index in [1.165, 1.54) is 22.5 Å². The average Bonchev–Trinajstić information content (AvgIpc) is 3.49. The first-order valence-electron chi connectivity index (χ1n) is 11.5. The van der Waals surface area contributed by atoms with Crippen LogP contribution in [0.2, 0.25) is 0 Å². The second-order valence-corrected chi connectivity index (χ2v) is 9.80. The van der Waals surface area contributed by atoms with Crippen molar-refractivity contribution in [3.05, 3.63) is 87.7 Å². The summed E-state index contributed by atoms with van der Waals surface area (Å²) < 4.78 is 14.3. The number of fused-ring (bicyclic) bond motifs is 1. The molecule has 2 aromatic carbocycles. The molecule has 2 aromatic heterocycles. The standard InChI is InChI=1S/C27H28FN3OS/c1-19-8-9-22(29-27(32)26-7-4-16-33-26)17-21(19)12-15-30-13-10-20(11-14-30)24-18-31(28)25-6-3-2-5-23(24)25/h2-9,16-18,20H,10-15H2,1H3,(H,29,32). The third kappa shape index (κ3) is 4.72. The minimum absolute atomic E-state index is 0.0588. The van der Waals surface area contributed by atoms with Crippen LogP contribution in [0.3, 0.4) is 0 Å². The molecule has 5 rings (SSSR count). The highest BCUT2D eigenvalue weighted by atomic mass is 32.1. The minimum Gasteiger partial charge on any atom is -0.321 e. The van der Waals surface area contributed by atoms with E-state index in [1.807, 2.05) is 47.8 Å². The van der Waals surface area contributed by atoms with Crippen LogP contribution in [0.1, 0.15) is 45.1 Å². The number of anilines is 1. The molecule has 0 atom stereocenters. The van der Waals surface area contributed by atoms with Crippen molar-refractivity contribution in [1.82, 2.24) is 9.69 Å². The lowest BCUT2D eigenvalue weighted by Gasteiger charge is -2.32. The lowest BCUT2D eigenvalue weighted by Crippen LogP contribution is -2.34. The van der Waals surface area contributed by atoms with Gasteiger partial charge in [-0.3, -0.25) is 4.79 Å². The van der Waals surface area contributed by atoms with Crippen LogP contribution in [0.5, 0.6) is 0 Å². The molecule has 1 N–H and O–H groups in total. The minimum atomic E-state index is -0.0588. The summed E-state index contributed by atoms with van der Waals surface area (Å²) in [7, 11) is 0. The molecule has 4 nitrogen and oxygen atoms in total. The number of carbonyl (C=O) groups is 1. The van der Waals surface area contributed by atoms with E-state index in [2.05, 4.69) is 29.3 Å². The molecule has 6 heteroatoms. The lowest BCUT2D eigenvalue weighted by molar-refractivity contribution is 0.103. The number of piperidine rings is 1. The molecule has 1 aliphatic heterocycles. The van der Waals surface area contributed by atoms with Crippen molar-refractivity contribution in [2.75, 3.05) is 25.0 Å². The number of hydrogen-bond acceptors (Lipinski definition) is 3. The fourth-order valence-corrected chi connectivity index (χ4v) is 5.47.